The monoisotopic (exact) mass is 966 g/mol. The van der Waals surface area contributed by atoms with Gasteiger partial charge in [-0.2, -0.15) is 149 Å². The van der Waals surface area contributed by atoms with Crippen molar-refractivity contribution in [3.63, 3.8) is 0 Å². The molecule has 340 valence electrons. The molecule has 57 heavy (non-hydrogen) atoms. The molecule has 0 bridgehead atoms. The lowest BCUT2D eigenvalue weighted by Crippen LogP contribution is -2.74. The van der Waals surface area contributed by atoms with Crippen LogP contribution in [0.25, 0.3) is 0 Å². The number of rotatable bonds is 20. The van der Waals surface area contributed by atoms with Crippen LogP contribution in [0.2, 0.25) is 12.1 Å². The van der Waals surface area contributed by atoms with Gasteiger partial charge in [0.15, 0.2) is 0 Å². The van der Waals surface area contributed by atoms with E-state index in [0.717, 1.165) is 0 Å². The van der Waals surface area contributed by atoms with Gasteiger partial charge >= 0.3 is 95.3 Å². The van der Waals surface area contributed by atoms with Crippen molar-refractivity contribution < 1.29 is 153 Å². The fourth-order valence-electron chi connectivity index (χ4n) is 3.28. The fraction of sp³-hybridized carbons (Fsp3) is 1.00. The summed E-state index contributed by atoms with van der Waals surface area (Å²) in [5.41, 5.74) is 0. The second kappa shape index (κ2) is 14.9. The van der Waals surface area contributed by atoms with Gasteiger partial charge in [0.1, 0.15) is 0 Å². The van der Waals surface area contributed by atoms with Crippen LogP contribution in [0.3, 0.4) is 0 Å². The van der Waals surface area contributed by atoms with Crippen molar-refractivity contribution in [3.8, 4) is 0 Å². The molecule has 0 aromatic carbocycles. The van der Waals surface area contributed by atoms with Gasteiger partial charge in [0.25, 0.3) is 0 Å². The van der Waals surface area contributed by atoms with Crippen LogP contribution < -0.4 is 0 Å². The molecule has 0 amide bonds. The predicted octanol–water partition coefficient (Wildman–Crippen LogP) is 11.9. The van der Waals surface area contributed by atoms with E-state index in [0.29, 0.717) is 0 Å². The van der Waals surface area contributed by atoms with Crippen molar-refractivity contribution in [1.82, 2.24) is 0 Å². The average molecular weight is 966 g/mol. The van der Waals surface area contributed by atoms with E-state index in [1.807, 2.05) is 0 Å². The van der Waals surface area contributed by atoms with E-state index >= 15 is 0 Å². The summed E-state index contributed by atoms with van der Waals surface area (Å²) in [6, 6.07) is -4.25. The van der Waals surface area contributed by atoms with E-state index < -0.39 is 140 Å². The Kier molecular flexibility index (Phi) is 14.4. The van der Waals surface area contributed by atoms with Crippen molar-refractivity contribution in [2.45, 2.75) is 120 Å². The van der Waals surface area contributed by atoms with Crippen LogP contribution in [-0.2, 0) is 4.12 Å². The molecule has 0 saturated carbocycles. The highest BCUT2D eigenvalue weighted by Gasteiger charge is 2.96. The lowest BCUT2D eigenvalue weighted by molar-refractivity contribution is -0.461. The Morgan fingerprint density at radius 2 is 0.386 bits per heavy atom. The third-order valence-corrected chi connectivity index (χ3v) is 8.86. The summed E-state index contributed by atoms with van der Waals surface area (Å²) in [5.74, 6) is -118. The van der Waals surface area contributed by atoms with Gasteiger partial charge in [-0.05, 0) is 12.1 Å². The molecule has 0 rings (SSSR count). The molecule has 0 aliphatic heterocycles. The van der Waals surface area contributed by atoms with Crippen LogP contribution in [0.4, 0.5) is 149 Å². The van der Waals surface area contributed by atoms with E-state index in [9.17, 15) is 149 Å². The maximum Gasteiger partial charge on any atom is 0.460 e. The summed E-state index contributed by atoms with van der Waals surface area (Å²) >= 11 is 0. The van der Waals surface area contributed by atoms with E-state index in [2.05, 4.69) is 4.12 Å². The molecule has 0 aromatic heterocycles. The van der Waals surface area contributed by atoms with Crippen molar-refractivity contribution in [2.24, 2.45) is 0 Å². The van der Waals surface area contributed by atoms with Gasteiger partial charge in [-0.3, -0.25) is 0 Å². The number of alkyl halides is 34. The summed E-state index contributed by atoms with van der Waals surface area (Å²) in [4.78, 5) is 0. The number of hydrogen-bond donors (Lipinski definition) is 0. The van der Waals surface area contributed by atoms with Crippen molar-refractivity contribution in [2.75, 3.05) is 0 Å². The predicted molar refractivity (Wildman–Crippen MR) is 113 cm³/mol. The average Bonchev–Trinajstić information content (AvgIpc) is 2.98. The molecule has 0 heterocycles. The van der Waals surface area contributed by atoms with Crippen LogP contribution in [0.15, 0.2) is 0 Å². The van der Waals surface area contributed by atoms with Gasteiger partial charge in [-0.1, -0.05) is 0 Å². The van der Waals surface area contributed by atoms with Gasteiger partial charge in [-0.15, -0.1) is 0 Å². The van der Waals surface area contributed by atoms with E-state index in [1.165, 1.54) is 0 Å². The first-order valence-electron chi connectivity index (χ1n) is 12.7. The topological polar surface area (TPSA) is 9.23 Å². The Labute approximate surface area is 294 Å². The van der Waals surface area contributed by atoms with Crippen LogP contribution in [0.5, 0.6) is 0 Å². The molecule has 0 saturated heterocycles. The van der Waals surface area contributed by atoms with Gasteiger partial charge < -0.3 is 4.12 Å². The zero-order valence-corrected chi connectivity index (χ0v) is 27.1. The molecule has 0 aromatic rings. The van der Waals surface area contributed by atoms with E-state index in [4.69, 9.17) is 0 Å². The van der Waals surface area contributed by atoms with Gasteiger partial charge in [0.05, 0.1) is 0 Å². The molecule has 0 N–H and O–H groups in total. The molecule has 4 radical (unpaired) electrons. The molecule has 0 aliphatic carbocycles. The maximum atomic E-state index is 13.8. The number of hydrogen-bond acceptors (Lipinski definition) is 1. The van der Waals surface area contributed by atoms with Gasteiger partial charge in [0, 0.05) is 12.8 Å². The lowest BCUT2D eigenvalue weighted by atomic mass is 9.88. The highest BCUT2D eigenvalue weighted by atomic mass is 28.3. The minimum atomic E-state index is -8.97. The Hall–Kier alpha value is -1.99. The molecule has 0 atom stereocenters. The summed E-state index contributed by atoms with van der Waals surface area (Å²) in [5, 5.41) is 0. The zero-order chi connectivity index (χ0) is 46.9. The summed E-state index contributed by atoms with van der Waals surface area (Å²) < 4.78 is 454. The van der Waals surface area contributed by atoms with Crippen molar-refractivity contribution >= 4 is 19.5 Å². The first-order valence-corrected chi connectivity index (χ1v) is 15.0. The van der Waals surface area contributed by atoms with Gasteiger partial charge in [-0.25, -0.2) is 0 Å². The van der Waals surface area contributed by atoms with E-state index in [-0.39, 0.29) is 0 Å². The van der Waals surface area contributed by atoms with Gasteiger partial charge in [0.2, 0.25) is 19.5 Å². The highest BCUT2D eigenvalue weighted by Crippen LogP contribution is 2.66. The second-order valence-electron chi connectivity index (χ2n) is 10.7. The third-order valence-electron chi connectivity index (χ3n) is 6.80. The first-order chi connectivity index (χ1) is 24.2. The Bertz CT molecular complexity index is 1270. The molecular weight excluding hydrogens is 958 g/mol. The normalized spacial score (nSPS) is 16.7. The minimum absolute atomic E-state index is 2.13. The molecule has 0 spiro atoms. The van der Waals surface area contributed by atoms with Crippen LogP contribution in [-0.4, -0.2) is 115 Å². The molecule has 37 heteroatoms. The Balaban J connectivity index is 5.96. The SMILES string of the molecule is FC(F)(F)C(F)(F)C(F)(F)C(F)(F)C(F)(F)C(F)(F)C(F)(F)C(F)(F)CC[Si]O[Si]CCC(F)(F)C(F)(F)C(F)(F)C(F)(F)C(F)(F)C(F)(F)C(F)(F)C(F)(F)F. The van der Waals surface area contributed by atoms with Crippen LogP contribution >= 0.6 is 0 Å². The summed E-state index contributed by atoms with van der Waals surface area (Å²) in [6.45, 7) is 0. The molecule has 0 unspecified atom stereocenters. The first kappa shape index (κ1) is 55.0. The quantitative estimate of drug-likeness (QED) is 0.0671. The molecular formula is C20H8F34OSi2. The van der Waals surface area contributed by atoms with E-state index in [1.54, 1.807) is 0 Å². The zero-order valence-electron chi connectivity index (χ0n) is 25.1. The highest BCUT2D eigenvalue weighted by molar-refractivity contribution is 6.42. The largest absolute Gasteiger partial charge is 0.460 e. The third kappa shape index (κ3) is 7.90. The van der Waals surface area contributed by atoms with Crippen LogP contribution in [0.1, 0.15) is 12.8 Å². The molecule has 0 aliphatic rings. The van der Waals surface area contributed by atoms with Crippen molar-refractivity contribution in [1.29, 1.82) is 0 Å². The van der Waals surface area contributed by atoms with Crippen molar-refractivity contribution in [3.05, 3.63) is 0 Å². The minimum Gasteiger partial charge on any atom is -0.457 e. The fourth-order valence-corrected chi connectivity index (χ4v) is 5.33. The molecule has 0 fully saturated rings. The maximum absolute atomic E-state index is 13.8. The van der Waals surface area contributed by atoms with Crippen LogP contribution in [0, 0.1) is 0 Å². The Morgan fingerprint density at radius 3 is 0.561 bits per heavy atom. The Morgan fingerprint density at radius 1 is 0.228 bits per heavy atom. The molecule has 1 nitrogen and oxygen atoms in total. The summed E-state index contributed by atoms with van der Waals surface area (Å²) in [7, 11) is -4.43. The summed E-state index contributed by atoms with van der Waals surface area (Å²) in [6.07, 6.45) is -22.4. The number of halogens is 34. The second-order valence-corrected chi connectivity index (χ2v) is 13.1. The standard InChI is InChI=1S/C20H8F34OSi2/c21-5(22,7(25,26)9(29,30)11(33,34)13(37,38)15(41,42)17(45,46)19(49,50)51)1-3-56-55-57-4-2-6(23,24)8(27,28)10(31,32)12(35,36)14(39,40)16(43,44)18(47,48)20(52,53)54/h1-4H2. The lowest BCUT2D eigenvalue weighted by Gasteiger charge is -2.42. The smallest absolute Gasteiger partial charge is 0.457 e.